The summed E-state index contributed by atoms with van der Waals surface area (Å²) in [7, 11) is 0. The van der Waals surface area contributed by atoms with Gasteiger partial charge in [-0.2, -0.15) is 0 Å². The van der Waals surface area contributed by atoms with Gasteiger partial charge in [-0.3, -0.25) is 0 Å². The molecule has 2 nitrogen and oxygen atoms in total. The van der Waals surface area contributed by atoms with Gasteiger partial charge in [-0.1, -0.05) is 18.1 Å². The first-order valence-electron chi connectivity index (χ1n) is 3.19. The Labute approximate surface area is 68.6 Å². The average Bonchev–Trinajstić information content (AvgIpc) is 2.03. The van der Waals surface area contributed by atoms with Gasteiger partial charge in [0.1, 0.15) is 5.82 Å². The van der Waals surface area contributed by atoms with E-state index < -0.39 is 11.8 Å². The molecule has 60 valence electrons. The van der Waals surface area contributed by atoms with E-state index in [1.807, 2.05) is 5.92 Å². The number of halogens is 1. The minimum atomic E-state index is -1.27. The molecule has 0 aliphatic heterocycles. The third kappa shape index (κ3) is 2.10. The van der Waals surface area contributed by atoms with Gasteiger partial charge < -0.3 is 5.11 Å². The van der Waals surface area contributed by atoms with Crippen molar-refractivity contribution in [1.82, 2.24) is 0 Å². The summed E-state index contributed by atoms with van der Waals surface area (Å²) in [6.45, 7) is 0. The van der Waals surface area contributed by atoms with E-state index in [1.54, 1.807) is 6.07 Å². The van der Waals surface area contributed by atoms with Crippen molar-refractivity contribution < 1.29 is 14.3 Å². The van der Waals surface area contributed by atoms with Crippen LogP contribution in [-0.4, -0.2) is 11.1 Å². The number of hydrogen-bond donors (Lipinski definition) is 1. The highest BCUT2D eigenvalue weighted by Crippen LogP contribution is 2.03. The summed E-state index contributed by atoms with van der Waals surface area (Å²) >= 11 is 0. The van der Waals surface area contributed by atoms with Crippen LogP contribution in [0.4, 0.5) is 4.39 Å². The van der Waals surface area contributed by atoms with Gasteiger partial charge in [0.15, 0.2) is 0 Å². The third-order valence-corrected chi connectivity index (χ3v) is 1.18. The summed E-state index contributed by atoms with van der Waals surface area (Å²) in [6, 6.07) is 5.76. The Morgan fingerprint density at radius 1 is 1.42 bits per heavy atom. The lowest BCUT2D eigenvalue weighted by atomic mass is 10.2. The number of carboxylic acid groups (broad SMARTS) is 1. The Morgan fingerprint density at radius 3 is 2.67 bits per heavy atom. The fourth-order valence-corrected chi connectivity index (χ4v) is 0.683. The van der Waals surface area contributed by atoms with Crippen LogP contribution in [0, 0.1) is 17.7 Å². The van der Waals surface area contributed by atoms with Crippen molar-refractivity contribution in [1.29, 1.82) is 0 Å². The predicted molar refractivity (Wildman–Crippen MR) is 40.9 cm³/mol. The zero-order valence-corrected chi connectivity index (χ0v) is 6.04. The Hall–Kier alpha value is -1.82. The van der Waals surface area contributed by atoms with Crippen molar-refractivity contribution in [3.63, 3.8) is 0 Å². The molecule has 0 aromatic heterocycles. The van der Waals surface area contributed by atoms with Crippen molar-refractivity contribution in [3.05, 3.63) is 35.6 Å². The van der Waals surface area contributed by atoms with Gasteiger partial charge in [0, 0.05) is 5.92 Å². The molecule has 12 heavy (non-hydrogen) atoms. The number of rotatable bonds is 0. The van der Waals surface area contributed by atoms with E-state index >= 15 is 0 Å². The topological polar surface area (TPSA) is 37.3 Å². The Kier molecular flexibility index (Phi) is 2.44. The van der Waals surface area contributed by atoms with Crippen LogP contribution < -0.4 is 0 Å². The van der Waals surface area contributed by atoms with Crippen LogP contribution in [0.25, 0.3) is 0 Å². The lowest BCUT2D eigenvalue weighted by Crippen LogP contribution is -1.88. The second-order valence-electron chi connectivity index (χ2n) is 2.03. The van der Waals surface area contributed by atoms with E-state index in [4.69, 9.17) is 5.11 Å². The largest absolute Gasteiger partial charge is 0.472 e. The normalized spacial score (nSPS) is 8.42. The second-order valence-corrected chi connectivity index (χ2v) is 2.03. The molecule has 0 unspecified atom stereocenters. The van der Waals surface area contributed by atoms with Gasteiger partial charge in [-0.25, -0.2) is 9.18 Å². The first-order chi connectivity index (χ1) is 5.70. The standard InChI is InChI=1S/C9H5FO2/c10-8-4-2-1-3-7(8)5-6-9(11)12/h1-4H,(H,11,12). The van der Waals surface area contributed by atoms with Crippen LogP contribution in [-0.2, 0) is 4.79 Å². The molecule has 0 spiro atoms. The lowest BCUT2D eigenvalue weighted by molar-refractivity contribution is -0.130. The summed E-state index contributed by atoms with van der Waals surface area (Å²) in [6.07, 6.45) is 0. The zero-order chi connectivity index (χ0) is 8.97. The zero-order valence-electron chi connectivity index (χ0n) is 6.04. The number of aliphatic carboxylic acids is 1. The van der Waals surface area contributed by atoms with Gasteiger partial charge in [0.2, 0.25) is 0 Å². The molecule has 0 saturated heterocycles. The molecule has 0 bridgehead atoms. The quantitative estimate of drug-likeness (QED) is 0.586. The molecule has 0 amide bonds. The lowest BCUT2D eigenvalue weighted by Gasteiger charge is -1.89. The fraction of sp³-hybridized carbons (Fsp3) is 0. The van der Waals surface area contributed by atoms with E-state index in [2.05, 4.69) is 5.92 Å². The molecule has 1 aromatic rings. The van der Waals surface area contributed by atoms with Gasteiger partial charge in [-0.15, -0.1) is 0 Å². The number of carboxylic acids is 1. The number of benzene rings is 1. The van der Waals surface area contributed by atoms with Crippen molar-refractivity contribution in [2.24, 2.45) is 0 Å². The van der Waals surface area contributed by atoms with Crippen LogP contribution in [0.5, 0.6) is 0 Å². The summed E-state index contributed by atoms with van der Waals surface area (Å²) in [4.78, 5) is 9.99. The average molecular weight is 164 g/mol. The molecule has 0 saturated carbocycles. The van der Waals surface area contributed by atoms with Crippen molar-refractivity contribution in [2.45, 2.75) is 0 Å². The van der Waals surface area contributed by atoms with Crippen molar-refractivity contribution in [2.75, 3.05) is 0 Å². The van der Waals surface area contributed by atoms with E-state index in [0.717, 1.165) is 0 Å². The summed E-state index contributed by atoms with van der Waals surface area (Å²) in [5, 5.41) is 8.17. The Morgan fingerprint density at radius 2 is 2.08 bits per heavy atom. The SMILES string of the molecule is O=C(O)C#Cc1ccccc1F. The molecular formula is C9H5FO2. The molecule has 3 heteroatoms. The number of carbonyl (C=O) groups is 1. The smallest absolute Gasteiger partial charge is 0.382 e. The van der Waals surface area contributed by atoms with Crippen LogP contribution >= 0.6 is 0 Å². The second kappa shape index (κ2) is 3.54. The first kappa shape index (κ1) is 8.28. The van der Waals surface area contributed by atoms with Gasteiger partial charge >= 0.3 is 5.97 Å². The molecule has 1 aromatic carbocycles. The van der Waals surface area contributed by atoms with E-state index in [0.29, 0.717) is 0 Å². The molecule has 0 heterocycles. The Balaban J connectivity index is 2.99. The fourth-order valence-electron chi connectivity index (χ4n) is 0.683. The van der Waals surface area contributed by atoms with Crippen molar-refractivity contribution in [3.8, 4) is 11.8 Å². The Bertz CT molecular complexity index is 360. The minimum absolute atomic E-state index is 0.0971. The monoisotopic (exact) mass is 164 g/mol. The van der Waals surface area contributed by atoms with Crippen LogP contribution in [0.1, 0.15) is 5.56 Å². The minimum Gasteiger partial charge on any atom is -0.472 e. The maximum Gasteiger partial charge on any atom is 0.382 e. The molecule has 1 N–H and O–H groups in total. The highest BCUT2D eigenvalue weighted by molar-refractivity contribution is 5.87. The van der Waals surface area contributed by atoms with Crippen LogP contribution in [0.2, 0.25) is 0 Å². The predicted octanol–water partition coefficient (Wildman–Crippen LogP) is 1.26. The third-order valence-electron chi connectivity index (χ3n) is 1.18. The highest BCUT2D eigenvalue weighted by atomic mass is 19.1. The molecule has 0 atom stereocenters. The van der Waals surface area contributed by atoms with E-state index in [9.17, 15) is 9.18 Å². The summed E-state index contributed by atoms with van der Waals surface area (Å²) in [5.74, 6) is 2.24. The van der Waals surface area contributed by atoms with Crippen molar-refractivity contribution >= 4 is 5.97 Å². The first-order valence-corrected chi connectivity index (χ1v) is 3.19. The van der Waals surface area contributed by atoms with Gasteiger partial charge in [-0.05, 0) is 12.1 Å². The van der Waals surface area contributed by atoms with Gasteiger partial charge in [0.25, 0.3) is 0 Å². The molecule has 0 aliphatic carbocycles. The molecule has 0 radical (unpaired) electrons. The molecular weight excluding hydrogens is 159 g/mol. The van der Waals surface area contributed by atoms with Gasteiger partial charge in [0.05, 0.1) is 5.56 Å². The van der Waals surface area contributed by atoms with Crippen LogP contribution in [0.15, 0.2) is 24.3 Å². The number of hydrogen-bond acceptors (Lipinski definition) is 1. The molecule has 0 fully saturated rings. The molecule has 0 aliphatic rings. The van der Waals surface area contributed by atoms with Crippen LogP contribution in [0.3, 0.4) is 0 Å². The highest BCUT2D eigenvalue weighted by Gasteiger charge is 1.95. The maximum absolute atomic E-state index is 12.7. The summed E-state index contributed by atoms with van der Waals surface area (Å²) in [5.41, 5.74) is 0.0971. The molecule has 1 rings (SSSR count). The van der Waals surface area contributed by atoms with E-state index in [-0.39, 0.29) is 5.56 Å². The maximum atomic E-state index is 12.7. The summed E-state index contributed by atoms with van der Waals surface area (Å²) < 4.78 is 12.7. The van der Waals surface area contributed by atoms with E-state index in [1.165, 1.54) is 18.2 Å².